The first-order valence-corrected chi connectivity index (χ1v) is 23.4. The Morgan fingerprint density at radius 1 is 0.536 bits per heavy atom. The first kappa shape index (κ1) is 46.6. The minimum atomic E-state index is -0.488. The lowest BCUT2D eigenvalue weighted by molar-refractivity contribution is 0.208. The van der Waals surface area contributed by atoms with E-state index in [1.807, 2.05) is 48.5 Å². The molecule has 2 saturated carbocycles. The van der Waals surface area contributed by atoms with Gasteiger partial charge in [-0.25, -0.2) is 0 Å². The second-order valence-electron chi connectivity index (χ2n) is 17.9. The minimum Gasteiger partial charge on any atom is -0.493 e. The second-order valence-corrected chi connectivity index (χ2v) is 17.9. The number of nitrogens with one attached hydrogen (secondary N) is 2. The van der Waals surface area contributed by atoms with Gasteiger partial charge in [-0.15, -0.1) is 0 Å². The van der Waals surface area contributed by atoms with Crippen molar-refractivity contribution in [2.24, 2.45) is 22.1 Å². The van der Waals surface area contributed by atoms with Gasteiger partial charge in [0.15, 0.2) is 23.0 Å². The van der Waals surface area contributed by atoms with E-state index in [0.717, 1.165) is 94.0 Å². The molecule has 4 aliphatic carbocycles. The Hall–Kier alpha value is -7.48. The molecule has 4 aliphatic rings. The van der Waals surface area contributed by atoms with Gasteiger partial charge in [0.1, 0.15) is 29.9 Å². The van der Waals surface area contributed by atoms with E-state index in [-0.39, 0.29) is 5.92 Å². The van der Waals surface area contributed by atoms with Gasteiger partial charge >= 0.3 is 0 Å². The number of fused-ring (bicyclic) bond motifs is 2. The fraction of sp³-hybridized carbons (Fsp3) is 0.345. The van der Waals surface area contributed by atoms with Crippen LogP contribution in [0.4, 0.5) is 0 Å². The van der Waals surface area contributed by atoms with Crippen LogP contribution in [0.2, 0.25) is 0 Å². The average Bonchev–Trinajstić information content (AvgIpc) is 3.99. The Morgan fingerprint density at radius 2 is 0.928 bits per heavy atom. The average molecular weight is 933 g/mol. The third kappa shape index (κ3) is 8.35. The Morgan fingerprint density at radius 3 is 1.26 bits per heavy atom. The Labute approximate surface area is 403 Å². The summed E-state index contributed by atoms with van der Waals surface area (Å²) in [7, 11) is 11.4. The zero-order valence-electron chi connectivity index (χ0n) is 40.3. The number of ether oxygens (including phenoxy) is 6. The molecule has 4 aromatic carbocycles. The highest BCUT2D eigenvalue weighted by molar-refractivity contribution is 6.04. The van der Waals surface area contributed by atoms with E-state index in [2.05, 4.69) is 86.3 Å². The summed E-state index contributed by atoms with van der Waals surface area (Å²) < 4.78 is 33.8. The van der Waals surface area contributed by atoms with Crippen molar-refractivity contribution in [3.63, 3.8) is 0 Å². The molecular formula is C55H60N6O8. The molecule has 0 bridgehead atoms. The van der Waals surface area contributed by atoms with Crippen LogP contribution in [-0.4, -0.2) is 86.8 Å². The number of nitrogens with zero attached hydrogens (tertiary/aromatic N) is 4. The molecule has 0 radical (unpaired) electrons. The van der Waals surface area contributed by atoms with Gasteiger partial charge in [0.2, 0.25) is 11.5 Å². The molecule has 2 atom stereocenters. The normalized spacial score (nSPS) is 19.8. The van der Waals surface area contributed by atoms with Crippen molar-refractivity contribution in [2.45, 2.75) is 62.2 Å². The molecule has 2 unspecified atom stereocenters. The molecule has 2 fully saturated rings. The molecule has 3 N–H and O–H groups in total. The third-order valence-corrected chi connectivity index (χ3v) is 14.4. The summed E-state index contributed by atoms with van der Waals surface area (Å²) in [4.78, 5) is 5.20. The van der Waals surface area contributed by atoms with Crippen LogP contribution < -0.4 is 28.4 Å². The van der Waals surface area contributed by atoms with Crippen molar-refractivity contribution < 1.29 is 38.5 Å². The van der Waals surface area contributed by atoms with Gasteiger partial charge in [-0.2, -0.15) is 10.2 Å². The predicted molar refractivity (Wildman–Crippen MR) is 266 cm³/mol. The number of aromatic amines is 2. The van der Waals surface area contributed by atoms with Gasteiger partial charge in [0, 0.05) is 58.0 Å². The molecule has 0 amide bonds. The van der Waals surface area contributed by atoms with Crippen molar-refractivity contribution in [2.75, 3.05) is 49.8 Å². The monoisotopic (exact) mass is 932 g/mol. The second kappa shape index (κ2) is 20.0. The molecule has 0 spiro atoms. The molecule has 10 rings (SSSR count). The number of hydrogen-bond donors (Lipinski definition) is 3. The van der Waals surface area contributed by atoms with Gasteiger partial charge < -0.3 is 38.5 Å². The summed E-state index contributed by atoms with van der Waals surface area (Å²) in [5.41, 5.74) is 10.8. The van der Waals surface area contributed by atoms with Crippen LogP contribution in [0.25, 0.3) is 12.2 Å². The van der Waals surface area contributed by atoms with Crippen molar-refractivity contribution >= 4 is 23.6 Å². The van der Waals surface area contributed by atoms with E-state index in [4.69, 9.17) is 38.4 Å². The molecule has 2 aromatic heterocycles. The molecule has 2 heterocycles. The van der Waals surface area contributed by atoms with Crippen molar-refractivity contribution in [1.82, 2.24) is 20.4 Å². The van der Waals surface area contributed by atoms with E-state index >= 15 is 0 Å². The molecule has 14 heteroatoms. The standard InChI is InChI=1S/C28H31N3O4.C27H29N3O4/c1-32-23-15-20(16-24(33-2)27(23)34-3)28(19-11-6-5-7-12-19)14-13-21-22(17-28)29-30-26(21)25(31-35-4)18-9-8-10-18;1-32-22-14-19(15-23(33-2)26(22)34-3)27(18-10-5-4-6-11-18)13-12-20-21(16-27)28-29-25(20)24(30-31)17-8-7-9-17/h5-7,11-16,18H,8-10,17H2,1-4H3,(H,29,30);4-6,10-15,17,31H,7-9,16H2,1-3H3,(H,28,29). The van der Waals surface area contributed by atoms with Gasteiger partial charge in [0.05, 0.1) is 42.7 Å². The number of methoxy groups -OCH3 is 6. The topological polar surface area (TPSA) is 167 Å². The first-order chi connectivity index (χ1) is 33.8. The smallest absolute Gasteiger partial charge is 0.203 e. The number of oxime groups is 2. The molecular weight excluding hydrogens is 873 g/mol. The van der Waals surface area contributed by atoms with E-state index in [1.54, 1.807) is 49.8 Å². The Bertz CT molecular complexity index is 2850. The zero-order valence-corrected chi connectivity index (χ0v) is 40.3. The van der Waals surface area contributed by atoms with Crippen molar-refractivity contribution in [3.05, 3.63) is 153 Å². The summed E-state index contributed by atoms with van der Waals surface area (Å²) in [6.07, 6.45) is 16.7. The van der Waals surface area contributed by atoms with Crippen LogP contribution in [0, 0.1) is 11.8 Å². The Balaban J connectivity index is 0.000000172. The van der Waals surface area contributed by atoms with Crippen LogP contribution in [0.3, 0.4) is 0 Å². The lowest BCUT2D eigenvalue weighted by Crippen LogP contribution is -2.31. The number of hydrogen-bond acceptors (Lipinski definition) is 12. The van der Waals surface area contributed by atoms with Crippen LogP contribution in [0.5, 0.6) is 34.5 Å². The van der Waals surface area contributed by atoms with Crippen molar-refractivity contribution in [3.8, 4) is 34.5 Å². The van der Waals surface area contributed by atoms with E-state index in [9.17, 15) is 5.21 Å². The zero-order chi connectivity index (χ0) is 48.1. The van der Waals surface area contributed by atoms with Crippen LogP contribution >= 0.6 is 0 Å². The summed E-state index contributed by atoms with van der Waals surface area (Å²) in [6, 6.07) is 28.9. The molecule has 358 valence electrons. The summed E-state index contributed by atoms with van der Waals surface area (Å²) >= 11 is 0. The maximum atomic E-state index is 9.73. The largest absolute Gasteiger partial charge is 0.493 e. The Kier molecular flexibility index (Phi) is 13.5. The van der Waals surface area contributed by atoms with Crippen molar-refractivity contribution in [1.29, 1.82) is 0 Å². The van der Waals surface area contributed by atoms with E-state index in [0.29, 0.717) is 59.0 Å². The van der Waals surface area contributed by atoms with Gasteiger partial charge in [-0.3, -0.25) is 10.2 Å². The van der Waals surface area contributed by atoms with E-state index in [1.165, 1.54) is 6.42 Å². The van der Waals surface area contributed by atoms with Gasteiger partial charge in [0.25, 0.3) is 0 Å². The fourth-order valence-corrected chi connectivity index (χ4v) is 10.3. The maximum Gasteiger partial charge on any atom is 0.203 e. The van der Waals surface area contributed by atoms with Crippen LogP contribution in [-0.2, 0) is 28.5 Å². The van der Waals surface area contributed by atoms with Crippen LogP contribution in [0.15, 0.2) is 107 Å². The van der Waals surface area contributed by atoms with E-state index < -0.39 is 10.8 Å². The number of benzene rings is 4. The van der Waals surface area contributed by atoms with Gasteiger partial charge in [-0.1, -0.05) is 108 Å². The number of allylic oxidation sites excluding steroid dienone is 2. The lowest BCUT2D eigenvalue weighted by atomic mass is 9.68. The summed E-state index contributed by atoms with van der Waals surface area (Å²) in [5.74, 6) is 4.26. The highest BCUT2D eigenvalue weighted by Gasteiger charge is 2.41. The molecule has 0 saturated heterocycles. The molecule has 14 nitrogen and oxygen atoms in total. The fourth-order valence-electron chi connectivity index (χ4n) is 10.3. The quantitative estimate of drug-likeness (QED) is 0.0512. The summed E-state index contributed by atoms with van der Waals surface area (Å²) in [5, 5.41) is 33.6. The maximum absolute atomic E-state index is 9.73. The van der Waals surface area contributed by atoms with Crippen LogP contribution in [0.1, 0.15) is 94.7 Å². The summed E-state index contributed by atoms with van der Waals surface area (Å²) in [6.45, 7) is 0. The first-order valence-electron chi connectivity index (χ1n) is 23.4. The number of rotatable bonds is 15. The molecule has 0 aliphatic heterocycles. The molecule has 69 heavy (non-hydrogen) atoms. The predicted octanol–water partition coefficient (Wildman–Crippen LogP) is 10.1. The highest BCUT2D eigenvalue weighted by atomic mass is 16.6. The van der Waals surface area contributed by atoms with Gasteiger partial charge in [-0.05, 0) is 72.2 Å². The SMILES string of the molecule is CON=C(c1n[nH]c2c1C=CC(c1ccccc1)(c1cc(OC)c(OC)c(OC)c1)C2)C1CCC1.COc1cc(C2(c3ccccc3)C=Cc3c(C(=NO)C4CCC4)n[nH]c3C2)cc(OC)c1OC. The number of aromatic nitrogens is 4. The lowest BCUT2D eigenvalue weighted by Gasteiger charge is -2.35. The highest BCUT2D eigenvalue weighted by Crippen LogP contribution is 2.50. The molecule has 6 aromatic rings. The minimum absolute atomic E-state index is 0.265. The number of H-pyrrole nitrogens is 2. The third-order valence-electron chi connectivity index (χ3n) is 14.4.